The van der Waals surface area contributed by atoms with E-state index in [-0.39, 0.29) is 17.9 Å². The van der Waals surface area contributed by atoms with Crippen molar-refractivity contribution in [2.75, 3.05) is 30.4 Å². The summed E-state index contributed by atoms with van der Waals surface area (Å²) < 4.78 is 6.41. The lowest BCUT2D eigenvalue weighted by molar-refractivity contribution is -0.116. The SMILES string of the molecule is COC(=O)c1ccc(N2CCCC2)c(NC(=O)CCc2c(C)nc3c(C(N)=O)cnn3c2C)c1. The highest BCUT2D eigenvalue weighted by Crippen LogP contribution is 2.30. The zero-order valence-corrected chi connectivity index (χ0v) is 19.6. The molecule has 0 atom stereocenters. The Hall–Kier alpha value is -3.95. The van der Waals surface area contributed by atoms with E-state index in [1.165, 1.54) is 13.3 Å². The molecule has 1 aliphatic heterocycles. The molecule has 4 rings (SSSR count). The fourth-order valence-corrected chi connectivity index (χ4v) is 4.41. The fraction of sp³-hybridized carbons (Fsp3) is 0.375. The molecule has 0 aliphatic carbocycles. The van der Waals surface area contributed by atoms with E-state index in [4.69, 9.17) is 10.5 Å². The Balaban J connectivity index is 1.54. The Morgan fingerprint density at radius 2 is 1.91 bits per heavy atom. The lowest BCUT2D eigenvalue weighted by Crippen LogP contribution is -2.22. The lowest BCUT2D eigenvalue weighted by atomic mass is 10.1. The van der Waals surface area contributed by atoms with E-state index in [1.807, 2.05) is 19.9 Å². The number of fused-ring (bicyclic) bond motifs is 1. The number of rotatable bonds is 7. The zero-order chi connectivity index (χ0) is 24.4. The second-order valence-corrected chi connectivity index (χ2v) is 8.38. The summed E-state index contributed by atoms with van der Waals surface area (Å²) in [5.41, 5.74) is 10.3. The molecule has 0 spiro atoms. The largest absolute Gasteiger partial charge is 0.465 e. The van der Waals surface area contributed by atoms with Crippen molar-refractivity contribution in [3.05, 3.63) is 52.5 Å². The molecule has 3 N–H and O–H groups in total. The number of amides is 2. The molecular weight excluding hydrogens is 436 g/mol. The van der Waals surface area contributed by atoms with Crippen LogP contribution < -0.4 is 16.0 Å². The Bertz CT molecular complexity index is 1280. The standard InChI is InChI=1S/C24H28N6O4/c1-14-17(15(2)30-23(27-14)18(13-26-30)22(25)32)7-9-21(31)28-19-12-16(24(33)34-3)6-8-20(19)29-10-4-5-11-29/h6,8,12-13H,4-5,7,9-11H2,1-3H3,(H2,25,32)(H,28,31). The van der Waals surface area contributed by atoms with Gasteiger partial charge >= 0.3 is 5.97 Å². The number of esters is 1. The van der Waals surface area contributed by atoms with Crippen LogP contribution in [0.5, 0.6) is 0 Å². The number of anilines is 2. The molecule has 1 aliphatic rings. The van der Waals surface area contributed by atoms with Crippen LogP contribution in [0.15, 0.2) is 24.4 Å². The number of nitrogens with one attached hydrogen (secondary N) is 1. The van der Waals surface area contributed by atoms with E-state index in [2.05, 4.69) is 20.3 Å². The van der Waals surface area contributed by atoms with Gasteiger partial charge in [0.2, 0.25) is 5.91 Å². The van der Waals surface area contributed by atoms with E-state index in [1.54, 1.807) is 16.6 Å². The van der Waals surface area contributed by atoms with Gasteiger partial charge in [-0.2, -0.15) is 5.10 Å². The Kier molecular flexibility index (Phi) is 6.49. The van der Waals surface area contributed by atoms with Gasteiger partial charge in [0.1, 0.15) is 5.56 Å². The highest BCUT2D eigenvalue weighted by molar-refractivity contribution is 5.99. The van der Waals surface area contributed by atoms with Crippen molar-refractivity contribution in [2.45, 2.75) is 39.5 Å². The molecule has 178 valence electrons. The Morgan fingerprint density at radius 3 is 2.59 bits per heavy atom. The van der Waals surface area contributed by atoms with Crippen molar-refractivity contribution in [3.63, 3.8) is 0 Å². The van der Waals surface area contributed by atoms with Crippen LogP contribution >= 0.6 is 0 Å². The van der Waals surface area contributed by atoms with Crippen molar-refractivity contribution < 1.29 is 19.1 Å². The summed E-state index contributed by atoms with van der Waals surface area (Å²) in [7, 11) is 1.33. The van der Waals surface area contributed by atoms with Crippen LogP contribution in [0.4, 0.5) is 11.4 Å². The number of carbonyl (C=O) groups excluding carboxylic acids is 3. The van der Waals surface area contributed by atoms with Gasteiger partial charge in [-0.1, -0.05) is 0 Å². The Morgan fingerprint density at radius 1 is 1.18 bits per heavy atom. The number of aryl methyl sites for hydroxylation is 2. The minimum Gasteiger partial charge on any atom is -0.465 e. The molecule has 1 saturated heterocycles. The average Bonchev–Trinajstić information content (AvgIpc) is 3.48. The van der Waals surface area contributed by atoms with Gasteiger partial charge in [-0.3, -0.25) is 9.59 Å². The highest BCUT2D eigenvalue weighted by atomic mass is 16.5. The Labute approximate surface area is 197 Å². The molecule has 3 heterocycles. The number of benzene rings is 1. The van der Waals surface area contributed by atoms with E-state index in [0.29, 0.717) is 29.0 Å². The fourth-order valence-electron chi connectivity index (χ4n) is 4.41. The van der Waals surface area contributed by atoms with Crippen molar-refractivity contribution in [1.82, 2.24) is 14.6 Å². The van der Waals surface area contributed by atoms with Gasteiger partial charge < -0.3 is 20.7 Å². The topological polar surface area (TPSA) is 132 Å². The van der Waals surface area contributed by atoms with Gasteiger partial charge in [0.25, 0.3) is 5.91 Å². The number of carbonyl (C=O) groups is 3. The maximum Gasteiger partial charge on any atom is 0.337 e. The van der Waals surface area contributed by atoms with Crippen LogP contribution in [0.2, 0.25) is 0 Å². The molecule has 2 amide bonds. The van der Waals surface area contributed by atoms with Crippen LogP contribution in [0.25, 0.3) is 5.65 Å². The van der Waals surface area contributed by atoms with Gasteiger partial charge in [0.15, 0.2) is 5.65 Å². The molecule has 2 aromatic heterocycles. The van der Waals surface area contributed by atoms with E-state index in [0.717, 1.165) is 42.9 Å². The van der Waals surface area contributed by atoms with E-state index >= 15 is 0 Å². The number of aromatic nitrogens is 3. The smallest absolute Gasteiger partial charge is 0.337 e. The van der Waals surface area contributed by atoms with E-state index in [9.17, 15) is 14.4 Å². The molecule has 10 heteroatoms. The first kappa shape index (κ1) is 23.2. The third kappa shape index (κ3) is 4.43. The highest BCUT2D eigenvalue weighted by Gasteiger charge is 2.20. The number of hydrogen-bond acceptors (Lipinski definition) is 7. The normalized spacial score (nSPS) is 13.3. The average molecular weight is 465 g/mol. The lowest BCUT2D eigenvalue weighted by Gasteiger charge is -2.22. The summed E-state index contributed by atoms with van der Waals surface area (Å²) in [5, 5.41) is 7.21. The van der Waals surface area contributed by atoms with Crippen LogP contribution in [-0.2, 0) is 16.0 Å². The third-order valence-corrected chi connectivity index (χ3v) is 6.21. The maximum absolute atomic E-state index is 12.9. The minimum absolute atomic E-state index is 0.181. The molecule has 0 bridgehead atoms. The van der Waals surface area contributed by atoms with Crippen molar-refractivity contribution in [3.8, 4) is 0 Å². The maximum atomic E-state index is 12.9. The first-order valence-corrected chi connectivity index (χ1v) is 11.2. The van der Waals surface area contributed by atoms with Crippen LogP contribution in [0, 0.1) is 13.8 Å². The van der Waals surface area contributed by atoms with Crippen molar-refractivity contribution in [1.29, 1.82) is 0 Å². The summed E-state index contributed by atoms with van der Waals surface area (Å²) in [6.07, 6.45) is 4.23. The quantitative estimate of drug-likeness (QED) is 0.513. The predicted octanol–water partition coefficient (Wildman–Crippen LogP) is 2.40. The molecule has 0 saturated carbocycles. The first-order valence-electron chi connectivity index (χ1n) is 11.2. The monoisotopic (exact) mass is 464 g/mol. The summed E-state index contributed by atoms with van der Waals surface area (Å²) in [5.74, 6) is -1.22. The molecular formula is C24H28N6O4. The van der Waals surface area contributed by atoms with Crippen molar-refractivity contribution >= 4 is 34.8 Å². The summed E-state index contributed by atoms with van der Waals surface area (Å²) in [6, 6.07) is 5.23. The van der Waals surface area contributed by atoms with Gasteiger partial charge in [-0.05, 0) is 56.9 Å². The van der Waals surface area contributed by atoms with E-state index < -0.39 is 11.9 Å². The molecule has 1 fully saturated rings. The predicted molar refractivity (Wildman–Crippen MR) is 127 cm³/mol. The molecule has 0 radical (unpaired) electrons. The first-order chi connectivity index (χ1) is 16.3. The summed E-state index contributed by atoms with van der Waals surface area (Å²) in [4.78, 5) is 43.3. The molecule has 10 nitrogen and oxygen atoms in total. The molecule has 3 aromatic rings. The second kappa shape index (κ2) is 9.50. The summed E-state index contributed by atoms with van der Waals surface area (Å²) >= 11 is 0. The van der Waals surface area contributed by atoms with Crippen LogP contribution in [0.3, 0.4) is 0 Å². The number of nitrogens with zero attached hydrogens (tertiary/aromatic N) is 4. The number of methoxy groups -OCH3 is 1. The zero-order valence-electron chi connectivity index (χ0n) is 19.6. The number of primary amides is 1. The minimum atomic E-state index is -0.587. The van der Waals surface area contributed by atoms with Crippen molar-refractivity contribution in [2.24, 2.45) is 5.73 Å². The van der Waals surface area contributed by atoms with Gasteiger partial charge in [-0.15, -0.1) is 0 Å². The number of ether oxygens (including phenoxy) is 1. The number of nitrogens with two attached hydrogens (primary N) is 1. The third-order valence-electron chi connectivity index (χ3n) is 6.21. The molecule has 0 unspecified atom stereocenters. The van der Waals surface area contributed by atoms with Gasteiger partial charge in [0.05, 0.1) is 30.2 Å². The van der Waals surface area contributed by atoms with Crippen LogP contribution in [-0.4, -0.2) is 52.6 Å². The van der Waals surface area contributed by atoms with Gasteiger partial charge in [0, 0.05) is 30.9 Å². The second-order valence-electron chi connectivity index (χ2n) is 8.38. The van der Waals surface area contributed by atoms with Crippen LogP contribution in [0.1, 0.15) is 56.9 Å². The number of hydrogen-bond donors (Lipinski definition) is 2. The molecule has 1 aromatic carbocycles. The van der Waals surface area contributed by atoms with Gasteiger partial charge in [-0.25, -0.2) is 14.3 Å². The molecule has 34 heavy (non-hydrogen) atoms. The summed E-state index contributed by atoms with van der Waals surface area (Å²) in [6.45, 7) is 5.52.